The Bertz CT molecular complexity index is 473. The largest absolute Gasteiger partial charge is 0.389 e. The number of Topliss-reactive ketones (excluding diaryl/α,β-unsaturated/α-hetero) is 1. The van der Waals surface area contributed by atoms with Crippen molar-refractivity contribution in [2.45, 2.75) is 19.4 Å². The van der Waals surface area contributed by atoms with Gasteiger partial charge in [-0.1, -0.05) is 25.1 Å². The summed E-state index contributed by atoms with van der Waals surface area (Å²) in [6.07, 6.45) is 0.401. The maximum absolute atomic E-state index is 11.9. The van der Waals surface area contributed by atoms with Crippen LogP contribution in [0.5, 0.6) is 0 Å². The van der Waals surface area contributed by atoms with Gasteiger partial charge in [0.2, 0.25) is 5.91 Å². The Labute approximate surface area is 117 Å². The van der Waals surface area contributed by atoms with Crippen LogP contribution in [0.3, 0.4) is 0 Å². The lowest BCUT2D eigenvalue weighted by Crippen LogP contribution is -2.47. The predicted octanol–water partition coefficient (Wildman–Crippen LogP) is -0.127. The van der Waals surface area contributed by atoms with E-state index >= 15 is 0 Å². The second-order valence-electron chi connectivity index (χ2n) is 4.21. The van der Waals surface area contributed by atoms with Gasteiger partial charge in [-0.05, 0) is 18.6 Å². The zero-order valence-corrected chi connectivity index (χ0v) is 11.3. The number of hydrogen-bond donors (Lipinski definition) is 3. The molecule has 0 unspecified atom stereocenters. The molecule has 0 heterocycles. The number of ketones is 1. The number of benzene rings is 1. The third-order valence-electron chi connectivity index (χ3n) is 2.70. The minimum absolute atomic E-state index is 0.243. The molecule has 1 aromatic carbocycles. The molecule has 6 nitrogen and oxygen atoms in total. The SMILES string of the molecule is CC[C@H](NC(=O)c1ccccc1)C(=O)NCC(=O)CO. The lowest BCUT2D eigenvalue weighted by molar-refractivity contribution is -0.127. The number of aliphatic hydroxyl groups is 1. The minimum Gasteiger partial charge on any atom is -0.389 e. The van der Waals surface area contributed by atoms with Crippen molar-refractivity contribution in [3.05, 3.63) is 35.9 Å². The third kappa shape index (κ3) is 4.81. The van der Waals surface area contributed by atoms with Crippen molar-refractivity contribution < 1.29 is 19.5 Å². The molecule has 0 spiro atoms. The number of rotatable bonds is 7. The summed E-state index contributed by atoms with van der Waals surface area (Å²) in [6, 6.07) is 7.84. The van der Waals surface area contributed by atoms with Crippen molar-refractivity contribution in [2.75, 3.05) is 13.2 Å². The van der Waals surface area contributed by atoms with E-state index in [9.17, 15) is 14.4 Å². The van der Waals surface area contributed by atoms with Crippen LogP contribution in [0, 0.1) is 0 Å². The molecule has 1 aromatic rings. The van der Waals surface area contributed by atoms with Gasteiger partial charge >= 0.3 is 0 Å². The molecule has 0 aromatic heterocycles. The molecular formula is C14H18N2O4. The summed E-state index contributed by atoms with van der Waals surface area (Å²) < 4.78 is 0. The first kappa shape index (κ1) is 15.8. The molecule has 1 atom stereocenters. The maximum atomic E-state index is 11.9. The van der Waals surface area contributed by atoms with Crippen molar-refractivity contribution in [1.82, 2.24) is 10.6 Å². The van der Waals surface area contributed by atoms with Gasteiger partial charge in [0.05, 0.1) is 6.54 Å². The fourth-order valence-electron chi connectivity index (χ4n) is 1.55. The molecule has 3 N–H and O–H groups in total. The van der Waals surface area contributed by atoms with Gasteiger partial charge in [0.25, 0.3) is 5.91 Å². The molecule has 6 heteroatoms. The Balaban J connectivity index is 2.56. The Morgan fingerprint density at radius 2 is 1.85 bits per heavy atom. The van der Waals surface area contributed by atoms with Gasteiger partial charge in [-0.15, -0.1) is 0 Å². The molecule has 2 amide bonds. The zero-order chi connectivity index (χ0) is 15.0. The third-order valence-corrected chi connectivity index (χ3v) is 2.70. The van der Waals surface area contributed by atoms with Crippen LogP contribution in [-0.4, -0.2) is 41.9 Å². The molecule has 0 bridgehead atoms. The van der Waals surface area contributed by atoms with E-state index in [4.69, 9.17) is 5.11 Å². The van der Waals surface area contributed by atoms with Gasteiger partial charge in [0.1, 0.15) is 12.6 Å². The van der Waals surface area contributed by atoms with Crippen LogP contribution in [0.25, 0.3) is 0 Å². The molecular weight excluding hydrogens is 260 g/mol. The van der Waals surface area contributed by atoms with Crippen LogP contribution in [0.4, 0.5) is 0 Å². The highest BCUT2D eigenvalue weighted by molar-refractivity contribution is 5.98. The first-order chi connectivity index (χ1) is 9.58. The van der Waals surface area contributed by atoms with Crippen LogP contribution in [0.2, 0.25) is 0 Å². The quantitative estimate of drug-likeness (QED) is 0.647. The van der Waals surface area contributed by atoms with Gasteiger partial charge in [-0.3, -0.25) is 14.4 Å². The average Bonchev–Trinajstić information content (AvgIpc) is 2.50. The van der Waals surface area contributed by atoms with Crippen molar-refractivity contribution in [1.29, 1.82) is 0 Å². The standard InChI is InChI=1S/C14H18N2O4/c1-2-12(14(20)15-8-11(18)9-17)16-13(19)10-6-4-3-5-7-10/h3-7,12,17H,2,8-9H2,1H3,(H,15,20)(H,16,19)/t12-/m0/s1. The van der Waals surface area contributed by atoms with E-state index in [1.165, 1.54) is 0 Å². The van der Waals surface area contributed by atoms with Gasteiger partial charge < -0.3 is 15.7 Å². The highest BCUT2D eigenvalue weighted by atomic mass is 16.3. The van der Waals surface area contributed by atoms with Crippen molar-refractivity contribution in [3.63, 3.8) is 0 Å². The second-order valence-corrected chi connectivity index (χ2v) is 4.21. The second kappa shape index (κ2) is 8.06. The van der Waals surface area contributed by atoms with E-state index in [1.54, 1.807) is 37.3 Å². The topological polar surface area (TPSA) is 95.5 Å². The van der Waals surface area contributed by atoms with E-state index in [2.05, 4.69) is 10.6 Å². The average molecular weight is 278 g/mol. The Morgan fingerprint density at radius 3 is 2.40 bits per heavy atom. The molecule has 0 fully saturated rings. The minimum atomic E-state index is -0.714. The van der Waals surface area contributed by atoms with E-state index in [-0.39, 0.29) is 12.5 Å². The van der Waals surface area contributed by atoms with Gasteiger partial charge in [0.15, 0.2) is 5.78 Å². The number of nitrogens with one attached hydrogen (secondary N) is 2. The smallest absolute Gasteiger partial charge is 0.251 e. The normalized spacial score (nSPS) is 11.5. The summed E-state index contributed by atoms with van der Waals surface area (Å²) >= 11 is 0. The summed E-state index contributed by atoms with van der Waals surface area (Å²) in [7, 11) is 0. The zero-order valence-electron chi connectivity index (χ0n) is 11.3. The molecule has 108 valence electrons. The lowest BCUT2D eigenvalue weighted by Gasteiger charge is -2.16. The summed E-state index contributed by atoms with van der Waals surface area (Å²) in [5, 5.41) is 13.5. The highest BCUT2D eigenvalue weighted by Gasteiger charge is 2.19. The van der Waals surface area contributed by atoms with Crippen LogP contribution in [0.1, 0.15) is 23.7 Å². The molecule has 0 saturated carbocycles. The predicted molar refractivity (Wildman–Crippen MR) is 73.1 cm³/mol. The number of carbonyl (C=O) groups excluding carboxylic acids is 3. The van der Waals surface area contributed by atoms with Crippen molar-refractivity contribution >= 4 is 17.6 Å². The Kier molecular flexibility index (Phi) is 6.39. The molecule has 0 radical (unpaired) electrons. The number of amides is 2. The molecule has 0 saturated heterocycles. The first-order valence-electron chi connectivity index (χ1n) is 6.34. The van der Waals surface area contributed by atoms with E-state index < -0.39 is 24.3 Å². The summed E-state index contributed by atoms with van der Waals surface area (Å²) in [6.45, 7) is 0.893. The van der Waals surface area contributed by atoms with Crippen LogP contribution < -0.4 is 10.6 Å². The maximum Gasteiger partial charge on any atom is 0.251 e. The molecule has 0 aliphatic rings. The Hall–Kier alpha value is -2.21. The van der Waals surface area contributed by atoms with E-state index in [1.807, 2.05) is 0 Å². The lowest BCUT2D eigenvalue weighted by atomic mass is 10.1. The van der Waals surface area contributed by atoms with Crippen LogP contribution in [0.15, 0.2) is 30.3 Å². The first-order valence-corrected chi connectivity index (χ1v) is 6.34. The monoisotopic (exact) mass is 278 g/mol. The molecule has 20 heavy (non-hydrogen) atoms. The summed E-state index contributed by atoms with van der Waals surface area (Å²) in [5.41, 5.74) is 0.463. The van der Waals surface area contributed by atoms with E-state index in [0.29, 0.717) is 12.0 Å². The fourth-order valence-corrected chi connectivity index (χ4v) is 1.55. The summed E-state index contributed by atoms with van der Waals surface area (Å²) in [4.78, 5) is 34.6. The van der Waals surface area contributed by atoms with Gasteiger partial charge in [-0.2, -0.15) is 0 Å². The number of carbonyl (C=O) groups is 3. The molecule has 0 aliphatic heterocycles. The van der Waals surface area contributed by atoms with E-state index in [0.717, 1.165) is 0 Å². The highest BCUT2D eigenvalue weighted by Crippen LogP contribution is 2.00. The Morgan fingerprint density at radius 1 is 1.20 bits per heavy atom. The summed E-state index contributed by atoms with van der Waals surface area (Å²) in [5.74, 6) is -1.28. The number of hydrogen-bond acceptors (Lipinski definition) is 4. The van der Waals surface area contributed by atoms with Gasteiger partial charge in [-0.25, -0.2) is 0 Å². The van der Waals surface area contributed by atoms with Gasteiger partial charge in [0, 0.05) is 5.56 Å². The van der Waals surface area contributed by atoms with Crippen molar-refractivity contribution in [3.8, 4) is 0 Å². The van der Waals surface area contributed by atoms with Crippen LogP contribution >= 0.6 is 0 Å². The molecule has 0 aliphatic carbocycles. The van der Waals surface area contributed by atoms with Crippen molar-refractivity contribution in [2.24, 2.45) is 0 Å². The number of aliphatic hydroxyl groups excluding tert-OH is 1. The van der Waals surface area contributed by atoms with Crippen LogP contribution in [-0.2, 0) is 9.59 Å². The molecule has 1 rings (SSSR count). The fraction of sp³-hybridized carbons (Fsp3) is 0.357.